The van der Waals surface area contributed by atoms with Gasteiger partial charge < -0.3 is 0 Å². The van der Waals surface area contributed by atoms with Gasteiger partial charge in [0.1, 0.15) is 11.5 Å². The first-order valence-electron chi connectivity index (χ1n) is 21.6. The van der Waals surface area contributed by atoms with E-state index in [2.05, 4.69) is 115 Å². The van der Waals surface area contributed by atoms with E-state index >= 15 is 0 Å². The molecular weight excluding hydrogens is 723 g/mol. The molecule has 0 unspecified atom stereocenters. The Morgan fingerprint density at radius 1 is 0.458 bits per heavy atom. The summed E-state index contributed by atoms with van der Waals surface area (Å²) in [6, 6.07) is 38.7. The number of aryl methyl sites for hydroxylation is 2. The van der Waals surface area contributed by atoms with Gasteiger partial charge in [-0.1, -0.05) is 114 Å². The molecule has 0 saturated heterocycles. The fourth-order valence-electron chi connectivity index (χ4n) is 8.69. The van der Waals surface area contributed by atoms with Crippen LogP contribution in [0.5, 0.6) is 0 Å². The smallest absolute Gasteiger partial charge is 0.182 e. The maximum Gasteiger partial charge on any atom is 0.182 e. The van der Waals surface area contributed by atoms with Crippen molar-refractivity contribution in [1.82, 2.24) is 34.9 Å². The fraction of sp³-hybridized carbons (Fsp3) is 0.327. The number of nitrogens with zero attached hydrogens (tertiary/aromatic N) is 7. The SMILES string of the molecule is CC(C)(C)c1nc(-c2ccc(-c3ccc4c(c3)C(CCCCCCc3ccccn3)(CCCCCCc3ccccn3)c3ccccc3-4)nc2)nc(-c2ccccn2)n1. The van der Waals surface area contributed by atoms with Crippen molar-refractivity contribution >= 4 is 0 Å². The molecule has 0 fully saturated rings. The Morgan fingerprint density at radius 2 is 1.05 bits per heavy atom. The van der Waals surface area contributed by atoms with Gasteiger partial charge in [0.2, 0.25) is 0 Å². The molecule has 7 heteroatoms. The molecule has 2 aromatic carbocycles. The van der Waals surface area contributed by atoms with Gasteiger partial charge in [-0.25, -0.2) is 15.0 Å². The van der Waals surface area contributed by atoms with Crippen LogP contribution >= 0.6 is 0 Å². The van der Waals surface area contributed by atoms with E-state index in [0.717, 1.165) is 54.0 Å². The van der Waals surface area contributed by atoms with Crippen LogP contribution < -0.4 is 0 Å². The molecule has 0 spiro atoms. The minimum absolute atomic E-state index is 0.0417. The van der Waals surface area contributed by atoms with Crippen molar-refractivity contribution in [3.8, 4) is 45.3 Å². The Labute approximate surface area is 350 Å². The van der Waals surface area contributed by atoms with Gasteiger partial charge >= 0.3 is 0 Å². The van der Waals surface area contributed by atoms with Crippen LogP contribution in [0.25, 0.3) is 45.3 Å². The Hall–Kier alpha value is -5.95. The molecule has 5 aromatic heterocycles. The third-order valence-electron chi connectivity index (χ3n) is 11.8. The predicted molar refractivity (Wildman–Crippen MR) is 239 cm³/mol. The van der Waals surface area contributed by atoms with Crippen LogP contribution in [0.1, 0.15) is 113 Å². The van der Waals surface area contributed by atoms with Crippen LogP contribution in [0.3, 0.4) is 0 Å². The third-order valence-corrected chi connectivity index (χ3v) is 11.8. The Bertz CT molecular complexity index is 2370. The van der Waals surface area contributed by atoms with E-state index < -0.39 is 0 Å². The lowest BCUT2D eigenvalue weighted by atomic mass is 9.70. The zero-order chi connectivity index (χ0) is 40.5. The first kappa shape index (κ1) is 39.9. The van der Waals surface area contributed by atoms with E-state index in [-0.39, 0.29) is 10.8 Å². The molecule has 5 heterocycles. The van der Waals surface area contributed by atoms with E-state index in [0.29, 0.717) is 11.6 Å². The van der Waals surface area contributed by atoms with E-state index in [9.17, 15) is 0 Å². The number of hydrogen-bond donors (Lipinski definition) is 0. The molecule has 0 amide bonds. The molecule has 59 heavy (non-hydrogen) atoms. The normalized spacial score (nSPS) is 12.9. The second-order valence-corrected chi connectivity index (χ2v) is 17.1. The monoisotopic (exact) mass is 777 g/mol. The van der Waals surface area contributed by atoms with E-state index in [1.807, 2.05) is 48.9 Å². The molecule has 0 bridgehead atoms. The van der Waals surface area contributed by atoms with Crippen molar-refractivity contribution in [1.29, 1.82) is 0 Å². The van der Waals surface area contributed by atoms with E-state index in [1.54, 1.807) is 6.20 Å². The summed E-state index contributed by atoms with van der Waals surface area (Å²) in [5.41, 5.74) is 11.4. The Kier molecular flexibility index (Phi) is 12.4. The highest BCUT2D eigenvalue weighted by atomic mass is 15.1. The summed E-state index contributed by atoms with van der Waals surface area (Å²) in [5, 5.41) is 0. The lowest BCUT2D eigenvalue weighted by Crippen LogP contribution is -2.25. The number of rotatable bonds is 17. The summed E-state index contributed by atoms with van der Waals surface area (Å²) in [7, 11) is 0. The highest BCUT2D eigenvalue weighted by molar-refractivity contribution is 5.83. The van der Waals surface area contributed by atoms with Crippen molar-refractivity contribution < 1.29 is 0 Å². The Balaban J connectivity index is 1.06. The van der Waals surface area contributed by atoms with Crippen LogP contribution in [0, 0.1) is 0 Å². The largest absolute Gasteiger partial charge is 0.261 e. The summed E-state index contributed by atoms with van der Waals surface area (Å²) in [6.45, 7) is 6.36. The van der Waals surface area contributed by atoms with E-state index in [4.69, 9.17) is 19.9 Å². The molecule has 1 aliphatic carbocycles. The van der Waals surface area contributed by atoms with Gasteiger partial charge in [-0.05, 0) is 115 Å². The second kappa shape index (κ2) is 18.3. The number of hydrogen-bond acceptors (Lipinski definition) is 7. The molecule has 0 saturated carbocycles. The zero-order valence-electron chi connectivity index (χ0n) is 34.8. The minimum Gasteiger partial charge on any atom is -0.261 e. The zero-order valence-corrected chi connectivity index (χ0v) is 34.8. The van der Waals surface area contributed by atoms with Gasteiger partial charge in [0.05, 0.1) is 5.69 Å². The fourth-order valence-corrected chi connectivity index (χ4v) is 8.69. The van der Waals surface area contributed by atoms with Crippen molar-refractivity contribution in [2.75, 3.05) is 0 Å². The molecule has 7 nitrogen and oxygen atoms in total. The highest BCUT2D eigenvalue weighted by Gasteiger charge is 2.42. The quantitative estimate of drug-likeness (QED) is 0.0850. The molecule has 1 aliphatic rings. The molecular formula is C52H55N7. The van der Waals surface area contributed by atoms with Gasteiger partial charge in [0, 0.05) is 58.1 Å². The lowest BCUT2D eigenvalue weighted by molar-refractivity contribution is 0.399. The average Bonchev–Trinajstić information content (AvgIpc) is 3.55. The second-order valence-electron chi connectivity index (χ2n) is 17.1. The number of unbranched alkanes of at least 4 members (excludes halogenated alkanes) is 6. The van der Waals surface area contributed by atoms with Gasteiger partial charge in [0.25, 0.3) is 0 Å². The predicted octanol–water partition coefficient (Wildman–Crippen LogP) is 12.4. The number of aromatic nitrogens is 7. The summed E-state index contributed by atoms with van der Waals surface area (Å²) >= 11 is 0. The topological polar surface area (TPSA) is 90.2 Å². The average molecular weight is 778 g/mol. The molecule has 0 atom stereocenters. The minimum atomic E-state index is -0.262. The third kappa shape index (κ3) is 9.36. The van der Waals surface area contributed by atoms with Crippen molar-refractivity contribution in [2.45, 2.75) is 109 Å². The van der Waals surface area contributed by atoms with Crippen molar-refractivity contribution in [2.24, 2.45) is 0 Å². The molecule has 8 rings (SSSR count). The standard InChI is InChI=1S/C52H55N7/c1-51(2,3)50-58-48(57-49(59-50)47-26-14-19-35-55-47)39-28-30-46(56-37-39)38-27-29-43-42-24-10-11-25-44(42)52(45(43)36-38,31-15-6-4-8-20-40-22-12-17-33-53-40)32-16-7-5-9-21-41-23-13-18-34-54-41/h10-14,17-19,22-30,33-37H,4-9,15-16,20-21,31-32H2,1-3H3. The molecule has 298 valence electrons. The highest BCUT2D eigenvalue weighted by Crippen LogP contribution is 2.55. The maximum atomic E-state index is 5.06. The van der Waals surface area contributed by atoms with Crippen molar-refractivity contribution in [3.63, 3.8) is 0 Å². The number of benzene rings is 2. The number of fused-ring (bicyclic) bond motifs is 3. The first-order valence-corrected chi connectivity index (χ1v) is 21.6. The van der Waals surface area contributed by atoms with Crippen LogP contribution in [0.2, 0.25) is 0 Å². The molecule has 0 N–H and O–H groups in total. The summed E-state index contributed by atoms with van der Waals surface area (Å²) in [4.78, 5) is 33.3. The first-order chi connectivity index (χ1) is 28.9. The summed E-state index contributed by atoms with van der Waals surface area (Å²) in [5.74, 6) is 1.90. The van der Waals surface area contributed by atoms with Gasteiger partial charge in [0.15, 0.2) is 11.6 Å². The summed E-state index contributed by atoms with van der Waals surface area (Å²) in [6.07, 6.45) is 21.4. The van der Waals surface area contributed by atoms with Crippen LogP contribution in [0.4, 0.5) is 0 Å². The van der Waals surface area contributed by atoms with Gasteiger partial charge in [-0.3, -0.25) is 19.9 Å². The molecule has 0 radical (unpaired) electrons. The van der Waals surface area contributed by atoms with Gasteiger partial charge in [-0.15, -0.1) is 0 Å². The molecule has 0 aliphatic heterocycles. The summed E-state index contributed by atoms with van der Waals surface area (Å²) < 4.78 is 0. The Morgan fingerprint density at radius 3 is 1.66 bits per heavy atom. The maximum absolute atomic E-state index is 5.06. The van der Waals surface area contributed by atoms with Crippen LogP contribution in [-0.4, -0.2) is 34.9 Å². The van der Waals surface area contributed by atoms with Crippen LogP contribution in [0.15, 0.2) is 134 Å². The lowest BCUT2D eigenvalue weighted by Gasteiger charge is -2.33. The molecule has 7 aromatic rings. The van der Waals surface area contributed by atoms with Crippen LogP contribution in [-0.2, 0) is 23.7 Å². The van der Waals surface area contributed by atoms with E-state index in [1.165, 1.54) is 85.0 Å². The number of pyridine rings is 4. The van der Waals surface area contributed by atoms with Gasteiger partial charge in [-0.2, -0.15) is 0 Å². The van der Waals surface area contributed by atoms with Crippen molar-refractivity contribution in [3.05, 3.63) is 162 Å².